The molecule has 0 aliphatic heterocycles. The SMILES string of the molecule is CC(=O)C1CC=C([Si](C)(C)C(C)(C)C)C1C. The summed E-state index contributed by atoms with van der Waals surface area (Å²) in [4.78, 5) is 11.6. The summed E-state index contributed by atoms with van der Waals surface area (Å²) >= 11 is 0. The van der Waals surface area contributed by atoms with Crippen molar-refractivity contribution in [2.75, 3.05) is 0 Å². The van der Waals surface area contributed by atoms with E-state index >= 15 is 0 Å². The molecule has 0 bridgehead atoms. The van der Waals surface area contributed by atoms with Crippen molar-refractivity contribution in [2.24, 2.45) is 11.8 Å². The number of rotatable bonds is 2. The summed E-state index contributed by atoms with van der Waals surface area (Å²) < 4.78 is 0. The minimum atomic E-state index is -1.41. The summed E-state index contributed by atoms with van der Waals surface area (Å²) in [5.41, 5.74) is 0. The van der Waals surface area contributed by atoms with Gasteiger partial charge in [-0.25, -0.2) is 0 Å². The van der Waals surface area contributed by atoms with E-state index in [1.165, 1.54) is 0 Å². The third-order valence-electron chi connectivity index (χ3n) is 4.80. The fourth-order valence-corrected chi connectivity index (χ4v) is 5.47. The van der Waals surface area contributed by atoms with Crippen molar-refractivity contribution in [1.82, 2.24) is 0 Å². The number of carbonyl (C=O) groups is 1. The van der Waals surface area contributed by atoms with Gasteiger partial charge in [0.05, 0.1) is 8.07 Å². The Morgan fingerprint density at radius 1 is 1.38 bits per heavy atom. The first kappa shape index (κ1) is 13.7. The van der Waals surface area contributed by atoms with Gasteiger partial charge in [0.1, 0.15) is 5.78 Å². The highest BCUT2D eigenvalue weighted by atomic mass is 28.3. The first-order valence-electron chi connectivity index (χ1n) is 6.30. The zero-order valence-electron chi connectivity index (χ0n) is 11.8. The van der Waals surface area contributed by atoms with Gasteiger partial charge in [-0.05, 0) is 24.3 Å². The minimum Gasteiger partial charge on any atom is -0.300 e. The Labute approximate surface area is 101 Å². The van der Waals surface area contributed by atoms with Crippen molar-refractivity contribution in [3.63, 3.8) is 0 Å². The van der Waals surface area contributed by atoms with Gasteiger partial charge in [-0.2, -0.15) is 0 Å². The molecule has 1 aliphatic carbocycles. The van der Waals surface area contributed by atoms with Crippen LogP contribution in [0.25, 0.3) is 0 Å². The van der Waals surface area contributed by atoms with Crippen molar-refractivity contribution >= 4 is 13.9 Å². The molecular formula is C14H26OSi. The van der Waals surface area contributed by atoms with Crippen LogP contribution in [0.1, 0.15) is 41.0 Å². The average molecular weight is 238 g/mol. The van der Waals surface area contributed by atoms with E-state index in [1.54, 1.807) is 12.1 Å². The normalized spacial score (nSPS) is 26.8. The highest BCUT2D eigenvalue weighted by Crippen LogP contribution is 2.47. The zero-order valence-corrected chi connectivity index (χ0v) is 12.8. The van der Waals surface area contributed by atoms with E-state index in [9.17, 15) is 4.79 Å². The van der Waals surface area contributed by atoms with Crippen molar-refractivity contribution in [1.29, 1.82) is 0 Å². The number of hydrogen-bond donors (Lipinski definition) is 0. The molecule has 0 aromatic heterocycles. The van der Waals surface area contributed by atoms with Crippen LogP contribution < -0.4 is 0 Å². The van der Waals surface area contributed by atoms with Crippen LogP contribution in [0.4, 0.5) is 0 Å². The average Bonchev–Trinajstić information content (AvgIpc) is 2.44. The maximum Gasteiger partial charge on any atom is 0.133 e. The summed E-state index contributed by atoms with van der Waals surface area (Å²) in [6, 6.07) is 0. The molecule has 0 aromatic rings. The summed E-state index contributed by atoms with van der Waals surface area (Å²) in [5.74, 6) is 1.08. The quantitative estimate of drug-likeness (QED) is 0.659. The highest BCUT2D eigenvalue weighted by molar-refractivity contribution is 6.86. The summed E-state index contributed by atoms with van der Waals surface area (Å²) in [6.07, 6.45) is 3.34. The molecule has 1 rings (SSSR count). The molecule has 16 heavy (non-hydrogen) atoms. The van der Waals surface area contributed by atoms with Crippen molar-refractivity contribution in [3.8, 4) is 0 Å². The van der Waals surface area contributed by atoms with E-state index < -0.39 is 8.07 Å². The molecule has 2 atom stereocenters. The third-order valence-corrected chi connectivity index (χ3v) is 10.7. The second-order valence-electron chi connectivity index (χ2n) is 6.78. The third kappa shape index (κ3) is 2.17. The predicted molar refractivity (Wildman–Crippen MR) is 73.2 cm³/mol. The Kier molecular flexibility index (Phi) is 3.54. The van der Waals surface area contributed by atoms with E-state index in [1.807, 2.05) is 0 Å². The fourth-order valence-electron chi connectivity index (χ4n) is 2.64. The van der Waals surface area contributed by atoms with Crippen LogP contribution in [0.3, 0.4) is 0 Å². The molecule has 0 saturated heterocycles. The van der Waals surface area contributed by atoms with Gasteiger partial charge < -0.3 is 0 Å². The molecule has 0 spiro atoms. The lowest BCUT2D eigenvalue weighted by Crippen LogP contribution is -2.42. The maximum absolute atomic E-state index is 11.6. The van der Waals surface area contributed by atoms with Gasteiger partial charge in [-0.15, -0.1) is 0 Å². The lowest BCUT2D eigenvalue weighted by Gasteiger charge is -2.40. The first-order valence-corrected chi connectivity index (χ1v) is 9.30. The Morgan fingerprint density at radius 2 is 1.88 bits per heavy atom. The van der Waals surface area contributed by atoms with Crippen LogP contribution in [0.15, 0.2) is 11.3 Å². The van der Waals surface area contributed by atoms with Crippen LogP contribution in [-0.2, 0) is 4.79 Å². The Bertz CT molecular complexity index is 320. The van der Waals surface area contributed by atoms with Crippen molar-refractivity contribution < 1.29 is 4.79 Å². The van der Waals surface area contributed by atoms with E-state index in [0.717, 1.165) is 6.42 Å². The molecule has 0 N–H and O–H groups in total. The molecular weight excluding hydrogens is 212 g/mol. The van der Waals surface area contributed by atoms with Gasteiger partial charge >= 0.3 is 0 Å². The van der Waals surface area contributed by atoms with Crippen molar-refractivity contribution in [3.05, 3.63) is 11.3 Å². The van der Waals surface area contributed by atoms with Crippen LogP contribution in [0.2, 0.25) is 18.1 Å². The van der Waals surface area contributed by atoms with E-state index in [4.69, 9.17) is 0 Å². The minimum absolute atomic E-state index is 0.254. The van der Waals surface area contributed by atoms with E-state index in [0.29, 0.717) is 16.7 Å². The highest BCUT2D eigenvalue weighted by Gasteiger charge is 2.44. The molecule has 0 aromatic carbocycles. The number of ketones is 1. The fraction of sp³-hybridized carbons (Fsp3) is 0.786. The molecule has 2 unspecified atom stereocenters. The monoisotopic (exact) mass is 238 g/mol. The molecule has 0 amide bonds. The summed E-state index contributed by atoms with van der Waals surface area (Å²) in [7, 11) is -1.41. The predicted octanol–water partition coefficient (Wildman–Crippen LogP) is 4.21. The van der Waals surface area contributed by atoms with Gasteiger partial charge in [-0.1, -0.05) is 52.1 Å². The first-order chi connectivity index (χ1) is 7.09. The lowest BCUT2D eigenvalue weighted by atomic mass is 9.94. The molecule has 1 nitrogen and oxygen atoms in total. The number of carbonyl (C=O) groups excluding carboxylic acids is 1. The molecule has 0 radical (unpaired) electrons. The van der Waals surface area contributed by atoms with Crippen molar-refractivity contribution in [2.45, 2.75) is 59.2 Å². The molecule has 2 heteroatoms. The molecule has 1 aliphatic rings. The number of Topliss-reactive ketones (excluding diaryl/α,β-unsaturated/α-hetero) is 1. The van der Waals surface area contributed by atoms with Gasteiger partial charge in [0.2, 0.25) is 0 Å². The summed E-state index contributed by atoms with van der Waals surface area (Å²) in [5, 5.41) is 1.99. The van der Waals surface area contributed by atoms with E-state index in [-0.39, 0.29) is 5.92 Å². The van der Waals surface area contributed by atoms with Gasteiger partial charge in [0.25, 0.3) is 0 Å². The summed E-state index contributed by atoms with van der Waals surface area (Å²) in [6.45, 7) is 15.9. The largest absolute Gasteiger partial charge is 0.300 e. The Morgan fingerprint density at radius 3 is 2.19 bits per heavy atom. The second-order valence-corrected chi connectivity index (χ2v) is 12.1. The molecule has 0 fully saturated rings. The van der Waals surface area contributed by atoms with Crippen LogP contribution in [-0.4, -0.2) is 13.9 Å². The zero-order chi connectivity index (χ0) is 12.7. The van der Waals surface area contributed by atoms with E-state index in [2.05, 4.69) is 46.9 Å². The number of hydrogen-bond acceptors (Lipinski definition) is 1. The lowest BCUT2D eigenvalue weighted by molar-refractivity contribution is -0.121. The van der Waals surface area contributed by atoms with Gasteiger partial charge in [-0.3, -0.25) is 4.79 Å². The Hall–Kier alpha value is -0.373. The van der Waals surface area contributed by atoms with Gasteiger partial charge in [0.15, 0.2) is 0 Å². The van der Waals surface area contributed by atoms with Crippen LogP contribution >= 0.6 is 0 Å². The van der Waals surface area contributed by atoms with Gasteiger partial charge in [0, 0.05) is 5.92 Å². The molecule has 0 heterocycles. The standard InChI is InChI=1S/C14H26OSi/c1-10-12(11(2)15)8-9-13(10)16(6,7)14(3,4)5/h9-10,12H,8H2,1-7H3. The number of allylic oxidation sites excluding steroid dienone is 2. The molecule has 92 valence electrons. The smallest absolute Gasteiger partial charge is 0.133 e. The van der Waals surface area contributed by atoms with Crippen LogP contribution in [0, 0.1) is 11.8 Å². The second kappa shape index (κ2) is 4.14. The van der Waals surface area contributed by atoms with Crippen LogP contribution in [0.5, 0.6) is 0 Å². The maximum atomic E-state index is 11.6. The molecule has 0 saturated carbocycles. The Balaban J connectivity index is 2.97. The topological polar surface area (TPSA) is 17.1 Å².